The molecular weight excluding hydrogens is 428 g/mol. The van der Waals surface area contributed by atoms with E-state index in [9.17, 15) is 14.7 Å². The molecule has 0 saturated heterocycles. The number of benzene rings is 1. The van der Waals surface area contributed by atoms with E-state index in [1.165, 1.54) is 6.08 Å². The van der Waals surface area contributed by atoms with Gasteiger partial charge in [0.1, 0.15) is 17.7 Å². The van der Waals surface area contributed by atoms with Gasteiger partial charge in [0.05, 0.1) is 17.1 Å². The average Bonchev–Trinajstić information content (AvgIpc) is 3.09. The molecule has 0 unspecified atom stereocenters. The molecule has 1 N–H and O–H groups in total. The summed E-state index contributed by atoms with van der Waals surface area (Å²) < 4.78 is 7.88. The summed E-state index contributed by atoms with van der Waals surface area (Å²) in [6.45, 7) is 9.27. The number of aryl methyl sites for hydroxylation is 2. The third-order valence-corrected chi connectivity index (χ3v) is 7.09. The summed E-state index contributed by atoms with van der Waals surface area (Å²) in [7, 11) is 1.98. The number of rotatable bonds is 1. The minimum Gasteiger partial charge on any atom is -0.454 e. The number of Topliss-reactive ketones (excluding diaryl/α,β-unsaturated/α-hetero) is 1. The Morgan fingerprint density at radius 3 is 2.65 bits per heavy atom. The summed E-state index contributed by atoms with van der Waals surface area (Å²) in [5.41, 5.74) is 1.89. The van der Waals surface area contributed by atoms with Gasteiger partial charge in [-0.15, -0.1) is 0 Å². The zero-order chi connectivity index (χ0) is 25.0. The lowest BCUT2D eigenvalue weighted by Gasteiger charge is -2.29. The molecule has 6 nitrogen and oxygen atoms in total. The van der Waals surface area contributed by atoms with Crippen molar-refractivity contribution in [2.24, 2.45) is 24.3 Å². The fraction of sp³-hybridized carbons (Fsp3) is 0.536. The van der Waals surface area contributed by atoms with Crippen LogP contribution in [0, 0.1) is 24.2 Å². The van der Waals surface area contributed by atoms with Crippen molar-refractivity contribution in [1.82, 2.24) is 9.55 Å². The highest BCUT2D eigenvalue weighted by Crippen LogP contribution is 2.30. The predicted octanol–water partition coefficient (Wildman–Crippen LogP) is 5.38. The van der Waals surface area contributed by atoms with Gasteiger partial charge in [0, 0.05) is 30.9 Å². The lowest BCUT2D eigenvalue weighted by atomic mass is 9.76. The van der Waals surface area contributed by atoms with Crippen LogP contribution in [-0.2, 0) is 21.4 Å². The number of carbonyl (C=O) groups is 2. The molecule has 0 aliphatic carbocycles. The van der Waals surface area contributed by atoms with Gasteiger partial charge in [0.2, 0.25) is 0 Å². The molecule has 0 amide bonds. The molecule has 2 heterocycles. The molecule has 184 valence electrons. The van der Waals surface area contributed by atoms with E-state index in [1.54, 1.807) is 26.8 Å². The zero-order valence-corrected chi connectivity index (χ0v) is 21.2. The molecule has 1 aliphatic heterocycles. The highest BCUT2D eigenvalue weighted by atomic mass is 16.5. The molecule has 34 heavy (non-hydrogen) atoms. The minimum absolute atomic E-state index is 0.0197. The molecule has 1 aromatic heterocycles. The normalized spacial score (nSPS) is 29.0. The van der Waals surface area contributed by atoms with Crippen molar-refractivity contribution in [3.63, 3.8) is 0 Å². The number of ketones is 1. The Morgan fingerprint density at radius 2 is 1.91 bits per heavy atom. The fourth-order valence-electron chi connectivity index (χ4n) is 4.63. The van der Waals surface area contributed by atoms with Crippen molar-refractivity contribution in [1.29, 1.82) is 0 Å². The Hall–Kier alpha value is -2.73. The molecular formula is C28H38N2O4. The van der Waals surface area contributed by atoms with Crippen molar-refractivity contribution in [3.8, 4) is 0 Å². The molecule has 0 radical (unpaired) electrons. The predicted molar refractivity (Wildman–Crippen MR) is 134 cm³/mol. The van der Waals surface area contributed by atoms with E-state index in [0.29, 0.717) is 6.42 Å². The third kappa shape index (κ3) is 5.84. The lowest BCUT2D eigenvalue weighted by Crippen LogP contribution is -2.38. The van der Waals surface area contributed by atoms with E-state index in [4.69, 9.17) is 4.74 Å². The molecule has 0 bridgehead atoms. The highest BCUT2D eigenvalue weighted by Gasteiger charge is 2.35. The van der Waals surface area contributed by atoms with Crippen LogP contribution in [0.15, 0.2) is 42.5 Å². The first-order valence-corrected chi connectivity index (χ1v) is 12.2. The van der Waals surface area contributed by atoms with Crippen LogP contribution in [-0.4, -0.2) is 32.5 Å². The number of aliphatic hydroxyl groups is 1. The van der Waals surface area contributed by atoms with Crippen LogP contribution in [0.4, 0.5) is 0 Å². The molecule has 0 spiro atoms. The van der Waals surface area contributed by atoms with Crippen LogP contribution in [0.1, 0.15) is 70.9 Å². The summed E-state index contributed by atoms with van der Waals surface area (Å²) in [5.74, 6) is -0.159. The SMILES string of the molecule is Cc1nc2cc([C@@H]3C/C=C\CCC[C@H](C)[C@H](O)[C@@H](C)C(=O)C(C)(C)/C=C\C(=O)O3)ccc2n1C. The second-order valence-electron chi connectivity index (χ2n) is 10.2. The molecule has 0 fully saturated rings. The summed E-state index contributed by atoms with van der Waals surface area (Å²) in [4.78, 5) is 30.5. The Balaban J connectivity index is 1.90. The first-order valence-electron chi connectivity index (χ1n) is 12.2. The minimum atomic E-state index is -0.893. The molecule has 0 saturated carbocycles. The summed E-state index contributed by atoms with van der Waals surface area (Å²) in [6.07, 6.45) is 9.10. The first kappa shape index (κ1) is 25.9. The number of allylic oxidation sites excluding steroid dienone is 2. The van der Waals surface area contributed by atoms with Gasteiger partial charge in [-0.1, -0.05) is 38.1 Å². The van der Waals surface area contributed by atoms with Crippen LogP contribution in [0.3, 0.4) is 0 Å². The van der Waals surface area contributed by atoms with Crippen LogP contribution in [0.25, 0.3) is 11.0 Å². The number of cyclic esters (lactones) is 1. The smallest absolute Gasteiger partial charge is 0.331 e. The number of hydrogen-bond acceptors (Lipinski definition) is 5. The highest BCUT2D eigenvalue weighted by molar-refractivity contribution is 5.90. The van der Waals surface area contributed by atoms with Crippen molar-refractivity contribution >= 4 is 22.8 Å². The molecule has 2 aromatic rings. The number of esters is 1. The molecule has 1 aromatic carbocycles. The quantitative estimate of drug-likeness (QED) is 0.451. The van der Waals surface area contributed by atoms with E-state index in [0.717, 1.165) is 41.7 Å². The third-order valence-electron chi connectivity index (χ3n) is 7.09. The number of imidazole rings is 1. The maximum absolute atomic E-state index is 13.1. The molecule has 4 atom stereocenters. The summed E-state index contributed by atoms with van der Waals surface area (Å²) in [6, 6.07) is 5.97. The van der Waals surface area contributed by atoms with Gasteiger partial charge in [-0.25, -0.2) is 9.78 Å². The van der Waals surface area contributed by atoms with Gasteiger partial charge >= 0.3 is 5.97 Å². The van der Waals surface area contributed by atoms with Crippen LogP contribution >= 0.6 is 0 Å². The van der Waals surface area contributed by atoms with E-state index < -0.39 is 29.5 Å². The maximum atomic E-state index is 13.1. The molecule has 3 rings (SSSR count). The zero-order valence-electron chi connectivity index (χ0n) is 21.2. The first-order chi connectivity index (χ1) is 16.0. The average molecular weight is 467 g/mol. The topological polar surface area (TPSA) is 81.4 Å². The Kier molecular flexibility index (Phi) is 8.13. The van der Waals surface area contributed by atoms with Crippen LogP contribution in [0.5, 0.6) is 0 Å². The fourth-order valence-corrected chi connectivity index (χ4v) is 4.63. The maximum Gasteiger partial charge on any atom is 0.331 e. The molecule has 1 aliphatic rings. The van der Waals surface area contributed by atoms with E-state index in [2.05, 4.69) is 17.1 Å². The van der Waals surface area contributed by atoms with Crippen molar-refractivity contribution in [2.45, 2.75) is 72.5 Å². The Labute approximate surface area is 202 Å². The second kappa shape index (κ2) is 10.7. The van der Waals surface area contributed by atoms with Gasteiger partial charge in [0.15, 0.2) is 0 Å². The van der Waals surface area contributed by atoms with Crippen LogP contribution in [0.2, 0.25) is 0 Å². The van der Waals surface area contributed by atoms with Gasteiger partial charge in [-0.2, -0.15) is 0 Å². The Morgan fingerprint density at radius 1 is 1.18 bits per heavy atom. The number of fused-ring (bicyclic) bond motifs is 1. The second-order valence-corrected chi connectivity index (χ2v) is 10.2. The van der Waals surface area contributed by atoms with E-state index in [1.807, 2.05) is 43.7 Å². The largest absolute Gasteiger partial charge is 0.454 e. The van der Waals surface area contributed by atoms with E-state index in [-0.39, 0.29) is 11.7 Å². The molecule has 6 heteroatoms. The van der Waals surface area contributed by atoms with E-state index >= 15 is 0 Å². The number of carbonyl (C=O) groups excluding carboxylic acids is 2. The summed E-state index contributed by atoms with van der Waals surface area (Å²) >= 11 is 0. The standard InChI is InChI=1S/C28H38N2O4/c1-18-11-9-7-8-10-12-24(21-13-14-23-22(17-21)29-20(3)30(23)6)34-25(31)15-16-28(4,5)27(33)19(2)26(18)32/h8,10,13-19,24,26,32H,7,9,11-12H2,1-6H3/b10-8-,16-15-/t18-,19+,24-,26-/m0/s1. The van der Waals surface area contributed by atoms with Gasteiger partial charge in [-0.3, -0.25) is 4.79 Å². The van der Waals surface area contributed by atoms with Crippen molar-refractivity contribution in [2.75, 3.05) is 0 Å². The Bertz CT molecular complexity index is 1100. The van der Waals surface area contributed by atoms with Gasteiger partial charge < -0.3 is 14.4 Å². The number of nitrogens with zero attached hydrogens (tertiary/aromatic N) is 2. The number of ether oxygens (including phenoxy) is 1. The van der Waals surface area contributed by atoms with Gasteiger partial charge in [0.25, 0.3) is 0 Å². The number of aromatic nitrogens is 2. The van der Waals surface area contributed by atoms with Crippen LogP contribution < -0.4 is 0 Å². The summed E-state index contributed by atoms with van der Waals surface area (Å²) in [5, 5.41) is 10.7. The number of hydrogen-bond donors (Lipinski definition) is 1. The monoisotopic (exact) mass is 466 g/mol. The van der Waals surface area contributed by atoms with Crippen molar-refractivity contribution < 1.29 is 19.4 Å². The number of aliphatic hydroxyl groups excluding tert-OH is 1. The van der Waals surface area contributed by atoms with Crippen molar-refractivity contribution in [3.05, 3.63) is 53.9 Å². The lowest BCUT2D eigenvalue weighted by molar-refractivity contribution is -0.143. The van der Waals surface area contributed by atoms with Gasteiger partial charge in [-0.05, 0) is 63.6 Å².